The number of aryl methyl sites for hydroxylation is 1. The van der Waals surface area contributed by atoms with Crippen LogP contribution in [0.3, 0.4) is 0 Å². The van der Waals surface area contributed by atoms with E-state index in [-0.39, 0.29) is 11.4 Å². The van der Waals surface area contributed by atoms with Crippen LogP contribution in [-0.2, 0) is 14.8 Å². The van der Waals surface area contributed by atoms with Crippen LogP contribution in [0.4, 0.5) is 5.69 Å². The van der Waals surface area contributed by atoms with Gasteiger partial charge in [0, 0.05) is 18.6 Å². The number of sulfonamides is 1. The lowest BCUT2D eigenvalue weighted by atomic mass is 10.2. The number of hydrogen-bond acceptors (Lipinski definition) is 4. The molecule has 0 atom stereocenters. The largest absolute Gasteiger partial charge is 0.324 e. The zero-order valence-corrected chi connectivity index (χ0v) is 16.4. The fourth-order valence-electron chi connectivity index (χ4n) is 2.65. The summed E-state index contributed by atoms with van der Waals surface area (Å²) < 4.78 is 26.8. The molecule has 1 heterocycles. The van der Waals surface area contributed by atoms with Gasteiger partial charge in [-0.25, -0.2) is 8.42 Å². The van der Waals surface area contributed by atoms with Crippen molar-refractivity contribution in [2.45, 2.75) is 11.8 Å². The molecule has 1 amide bonds. The van der Waals surface area contributed by atoms with Crippen molar-refractivity contribution in [1.29, 1.82) is 0 Å². The number of aromatic nitrogens is 1. The Balaban J connectivity index is 1.82. The smallest absolute Gasteiger partial charge is 0.245 e. The van der Waals surface area contributed by atoms with Gasteiger partial charge in [-0.1, -0.05) is 35.9 Å². The van der Waals surface area contributed by atoms with Gasteiger partial charge < -0.3 is 5.32 Å². The number of para-hydroxylation sites is 1. The van der Waals surface area contributed by atoms with Crippen molar-refractivity contribution in [3.8, 4) is 0 Å². The van der Waals surface area contributed by atoms with Crippen molar-refractivity contribution in [1.82, 2.24) is 9.29 Å². The van der Waals surface area contributed by atoms with Gasteiger partial charge in [-0.15, -0.1) is 0 Å². The number of hydrogen-bond donors (Lipinski definition) is 1. The van der Waals surface area contributed by atoms with Crippen LogP contribution < -0.4 is 5.32 Å². The Morgan fingerprint density at radius 1 is 1.19 bits per heavy atom. The average molecular weight is 404 g/mol. The fourth-order valence-corrected chi connectivity index (χ4v) is 4.22. The second kappa shape index (κ2) is 7.64. The van der Waals surface area contributed by atoms with Crippen molar-refractivity contribution in [3.05, 3.63) is 65.3 Å². The molecular weight excluding hydrogens is 386 g/mol. The lowest BCUT2D eigenvalue weighted by Crippen LogP contribution is -2.35. The van der Waals surface area contributed by atoms with E-state index in [1.807, 2.05) is 13.0 Å². The highest BCUT2D eigenvalue weighted by Gasteiger charge is 2.25. The number of anilines is 1. The standard InChI is InChI=1S/C19H18ClN3O3S/c1-13-8-9-16(15(20)11-13)22-18(24)12-23(2)27(25,26)17-7-3-5-14-6-4-10-21-19(14)17/h3-11H,12H2,1-2H3,(H,22,24). The number of fused-ring (bicyclic) bond motifs is 1. The lowest BCUT2D eigenvalue weighted by Gasteiger charge is -2.18. The van der Waals surface area contributed by atoms with Crippen LogP contribution in [-0.4, -0.2) is 37.2 Å². The summed E-state index contributed by atoms with van der Waals surface area (Å²) in [6.45, 7) is 1.53. The number of nitrogens with zero attached hydrogens (tertiary/aromatic N) is 2. The van der Waals surface area contributed by atoms with Crippen molar-refractivity contribution >= 4 is 44.1 Å². The summed E-state index contributed by atoms with van der Waals surface area (Å²) in [5, 5.41) is 3.74. The second-order valence-corrected chi connectivity index (χ2v) is 8.54. The molecule has 27 heavy (non-hydrogen) atoms. The number of halogens is 1. The minimum atomic E-state index is -3.89. The van der Waals surface area contributed by atoms with Crippen LogP contribution in [0.1, 0.15) is 5.56 Å². The van der Waals surface area contributed by atoms with Crippen LogP contribution in [0.5, 0.6) is 0 Å². The fraction of sp³-hybridized carbons (Fsp3) is 0.158. The Labute approximate surface area is 162 Å². The van der Waals surface area contributed by atoms with E-state index in [0.29, 0.717) is 21.6 Å². The Morgan fingerprint density at radius 3 is 2.67 bits per heavy atom. The molecule has 1 N–H and O–H groups in total. The number of likely N-dealkylation sites (N-methyl/N-ethyl adjacent to an activating group) is 1. The average Bonchev–Trinajstić information content (AvgIpc) is 2.63. The van der Waals surface area contributed by atoms with Gasteiger partial charge in [-0.3, -0.25) is 9.78 Å². The Morgan fingerprint density at radius 2 is 1.93 bits per heavy atom. The molecule has 0 saturated carbocycles. The van der Waals surface area contributed by atoms with Crippen molar-refractivity contribution in [2.24, 2.45) is 0 Å². The molecule has 0 aliphatic heterocycles. The first-order chi connectivity index (χ1) is 12.8. The molecule has 0 aliphatic rings. The van der Waals surface area contributed by atoms with Gasteiger partial charge in [0.25, 0.3) is 0 Å². The monoisotopic (exact) mass is 403 g/mol. The topological polar surface area (TPSA) is 79.4 Å². The predicted molar refractivity (Wildman–Crippen MR) is 106 cm³/mol. The van der Waals surface area contributed by atoms with E-state index in [0.717, 1.165) is 9.87 Å². The number of amides is 1. The summed E-state index contributed by atoms with van der Waals surface area (Å²) >= 11 is 6.11. The summed E-state index contributed by atoms with van der Waals surface area (Å²) in [5.41, 5.74) is 1.76. The van der Waals surface area contributed by atoms with Crippen LogP contribution in [0.25, 0.3) is 10.9 Å². The molecule has 6 nitrogen and oxygen atoms in total. The molecule has 0 saturated heterocycles. The summed E-state index contributed by atoms with van der Waals surface area (Å²) in [6, 6.07) is 13.6. The quantitative estimate of drug-likeness (QED) is 0.707. The molecule has 1 aromatic heterocycles. The lowest BCUT2D eigenvalue weighted by molar-refractivity contribution is -0.116. The van der Waals surface area contributed by atoms with Gasteiger partial charge in [0.05, 0.1) is 22.8 Å². The third-order valence-electron chi connectivity index (χ3n) is 4.05. The highest BCUT2D eigenvalue weighted by molar-refractivity contribution is 7.89. The third kappa shape index (κ3) is 4.10. The first-order valence-electron chi connectivity index (χ1n) is 8.15. The normalized spacial score (nSPS) is 11.7. The predicted octanol–water partition coefficient (Wildman–Crippen LogP) is 3.46. The van der Waals surface area contributed by atoms with Crippen LogP contribution in [0.15, 0.2) is 59.6 Å². The maximum Gasteiger partial charge on any atom is 0.245 e. The zero-order chi connectivity index (χ0) is 19.6. The molecule has 140 valence electrons. The van der Waals surface area contributed by atoms with E-state index in [1.165, 1.54) is 19.3 Å². The Hall–Kier alpha value is -2.48. The van der Waals surface area contributed by atoms with E-state index in [2.05, 4.69) is 10.3 Å². The van der Waals surface area contributed by atoms with Crippen molar-refractivity contribution < 1.29 is 13.2 Å². The number of nitrogens with one attached hydrogen (secondary N) is 1. The van der Waals surface area contributed by atoms with Gasteiger partial charge in [-0.2, -0.15) is 4.31 Å². The minimum absolute atomic E-state index is 0.0595. The molecule has 0 fully saturated rings. The number of carbonyl (C=O) groups excluding carboxylic acids is 1. The molecule has 3 rings (SSSR count). The minimum Gasteiger partial charge on any atom is -0.324 e. The molecular formula is C19H18ClN3O3S. The van der Waals surface area contributed by atoms with Gasteiger partial charge in [-0.05, 0) is 36.8 Å². The maximum absolute atomic E-state index is 12.9. The summed E-state index contributed by atoms with van der Waals surface area (Å²) in [4.78, 5) is 16.5. The number of pyridine rings is 1. The van der Waals surface area contributed by atoms with Gasteiger partial charge >= 0.3 is 0 Å². The van der Waals surface area contributed by atoms with Gasteiger partial charge in [0.1, 0.15) is 4.90 Å². The Bertz CT molecular complexity index is 1110. The first kappa shape index (κ1) is 19.3. The highest BCUT2D eigenvalue weighted by atomic mass is 35.5. The first-order valence-corrected chi connectivity index (χ1v) is 9.97. The number of rotatable bonds is 5. The van der Waals surface area contributed by atoms with E-state index >= 15 is 0 Å². The van der Waals surface area contributed by atoms with Gasteiger partial charge in [0.15, 0.2) is 0 Å². The molecule has 0 spiro atoms. The van der Waals surface area contributed by atoms with E-state index in [9.17, 15) is 13.2 Å². The van der Waals surface area contributed by atoms with E-state index in [4.69, 9.17) is 11.6 Å². The summed E-state index contributed by atoms with van der Waals surface area (Å²) in [7, 11) is -2.54. The van der Waals surface area contributed by atoms with Crippen LogP contribution in [0, 0.1) is 6.92 Å². The SMILES string of the molecule is Cc1ccc(NC(=O)CN(C)S(=O)(=O)c2cccc3cccnc23)c(Cl)c1. The van der Waals surface area contributed by atoms with E-state index in [1.54, 1.807) is 36.4 Å². The van der Waals surface area contributed by atoms with Crippen LogP contribution in [0.2, 0.25) is 5.02 Å². The number of benzene rings is 2. The van der Waals surface area contributed by atoms with Crippen LogP contribution >= 0.6 is 11.6 Å². The molecule has 0 radical (unpaired) electrons. The Kier molecular flexibility index (Phi) is 5.46. The van der Waals surface area contributed by atoms with Gasteiger partial charge in [0.2, 0.25) is 15.9 Å². The summed E-state index contributed by atoms with van der Waals surface area (Å²) in [6.07, 6.45) is 1.54. The second-order valence-electron chi connectivity index (χ2n) is 6.12. The maximum atomic E-state index is 12.9. The number of carbonyl (C=O) groups is 1. The van der Waals surface area contributed by atoms with Crippen molar-refractivity contribution in [2.75, 3.05) is 18.9 Å². The van der Waals surface area contributed by atoms with E-state index < -0.39 is 15.9 Å². The summed E-state index contributed by atoms with van der Waals surface area (Å²) in [5.74, 6) is -0.486. The molecule has 0 aliphatic carbocycles. The highest BCUT2D eigenvalue weighted by Crippen LogP contribution is 2.24. The van der Waals surface area contributed by atoms with Crippen molar-refractivity contribution in [3.63, 3.8) is 0 Å². The molecule has 3 aromatic rings. The molecule has 8 heteroatoms. The molecule has 2 aromatic carbocycles. The zero-order valence-electron chi connectivity index (χ0n) is 14.8. The molecule has 0 unspecified atom stereocenters. The third-order valence-corrected chi connectivity index (χ3v) is 6.20. The molecule has 0 bridgehead atoms.